The molecule has 1 heterocycles. The molecule has 2 rings (SSSR count). The van der Waals surface area contributed by atoms with Crippen molar-refractivity contribution in [3.05, 3.63) is 29.8 Å². The van der Waals surface area contributed by atoms with Gasteiger partial charge in [-0.15, -0.1) is 0 Å². The zero-order chi connectivity index (χ0) is 26.2. The minimum Gasteiger partial charge on any atom is -0.465 e. The van der Waals surface area contributed by atoms with E-state index in [0.717, 1.165) is 0 Å². The molecule has 12 heteroatoms. The van der Waals surface area contributed by atoms with E-state index in [0.29, 0.717) is 10.9 Å². The van der Waals surface area contributed by atoms with Gasteiger partial charge in [0.1, 0.15) is 11.6 Å². The number of carboxylic acid groups (broad SMARTS) is 1. The Morgan fingerprint density at radius 3 is 1.97 bits per heavy atom. The van der Waals surface area contributed by atoms with Crippen LogP contribution in [0.5, 0.6) is 0 Å². The average Bonchev–Trinajstić information content (AvgIpc) is 2.77. The summed E-state index contributed by atoms with van der Waals surface area (Å²) in [6, 6.07) is 5.74. The van der Waals surface area contributed by atoms with Gasteiger partial charge in [0.2, 0.25) is 5.91 Å². The molecule has 0 aromatic heterocycles. The quantitative estimate of drug-likeness (QED) is 0.482. The summed E-state index contributed by atoms with van der Waals surface area (Å²) in [6.45, 7) is 9.93. The van der Waals surface area contributed by atoms with Gasteiger partial charge in [0.15, 0.2) is 0 Å². The number of hydrogen-bond acceptors (Lipinski definition) is 7. The Labute approximate surface area is 206 Å². The maximum absolute atomic E-state index is 13.3. The van der Waals surface area contributed by atoms with Crippen molar-refractivity contribution in [2.24, 2.45) is 0 Å². The first-order chi connectivity index (χ1) is 16.4. The van der Waals surface area contributed by atoms with E-state index in [1.165, 1.54) is 9.80 Å². The Morgan fingerprint density at radius 1 is 1.00 bits per heavy atom. The van der Waals surface area contributed by atoms with Crippen molar-refractivity contribution in [2.45, 2.75) is 52.7 Å². The van der Waals surface area contributed by atoms with E-state index in [4.69, 9.17) is 18.9 Å². The highest BCUT2D eigenvalue weighted by atomic mass is 31.2. The minimum atomic E-state index is -3.44. The number of amides is 3. The van der Waals surface area contributed by atoms with Crippen LogP contribution in [0, 0.1) is 0 Å². The number of carbonyl (C=O) groups is 3. The van der Waals surface area contributed by atoms with E-state index < -0.39 is 31.4 Å². The number of ether oxygens (including phenoxy) is 1. The van der Waals surface area contributed by atoms with E-state index >= 15 is 0 Å². The molecule has 3 amide bonds. The van der Waals surface area contributed by atoms with Gasteiger partial charge in [0.05, 0.1) is 18.5 Å². The van der Waals surface area contributed by atoms with E-state index in [9.17, 15) is 18.9 Å². The molecule has 1 atom stereocenters. The van der Waals surface area contributed by atoms with Crippen molar-refractivity contribution in [3.63, 3.8) is 0 Å². The number of hydrogen-bond donors (Lipinski definition) is 2. The van der Waals surface area contributed by atoms with Crippen molar-refractivity contribution < 1.29 is 37.8 Å². The molecule has 1 aromatic carbocycles. The number of rotatable bonds is 9. The molecule has 1 fully saturated rings. The Balaban J connectivity index is 2.20. The molecule has 0 spiro atoms. The summed E-state index contributed by atoms with van der Waals surface area (Å²) in [5.74, 6) is -0.334. The van der Waals surface area contributed by atoms with Gasteiger partial charge in [-0.1, -0.05) is 12.1 Å². The van der Waals surface area contributed by atoms with Gasteiger partial charge >= 0.3 is 19.8 Å². The molecular formula is C23H36N3O8P. The molecule has 11 nitrogen and oxygen atoms in total. The monoisotopic (exact) mass is 513 g/mol. The third kappa shape index (κ3) is 8.52. The molecule has 196 valence electrons. The van der Waals surface area contributed by atoms with Crippen LogP contribution in [0.3, 0.4) is 0 Å². The number of piperazine rings is 1. The second-order valence-corrected chi connectivity index (χ2v) is 11.0. The molecule has 1 saturated heterocycles. The van der Waals surface area contributed by atoms with Gasteiger partial charge in [0, 0.05) is 32.6 Å². The molecule has 1 aromatic rings. The second kappa shape index (κ2) is 12.4. The van der Waals surface area contributed by atoms with Crippen LogP contribution < -0.4 is 10.6 Å². The third-order valence-corrected chi connectivity index (χ3v) is 7.27. The van der Waals surface area contributed by atoms with Crippen molar-refractivity contribution in [1.82, 2.24) is 15.1 Å². The SMILES string of the molecule is CCOP(=O)(OCC)c1ccc(CC(NC(=O)OC(C)(C)C)C(=O)N2CCN(C(=O)O)CC2)cc1. The van der Waals surface area contributed by atoms with E-state index in [1.54, 1.807) is 58.9 Å². The van der Waals surface area contributed by atoms with Gasteiger partial charge in [-0.05, 0) is 52.3 Å². The van der Waals surface area contributed by atoms with Gasteiger partial charge < -0.3 is 34.0 Å². The predicted molar refractivity (Wildman–Crippen MR) is 130 cm³/mol. The Bertz CT molecular complexity index is 914. The van der Waals surface area contributed by atoms with E-state index in [1.807, 2.05) is 0 Å². The molecule has 0 saturated carbocycles. The Morgan fingerprint density at radius 2 is 1.51 bits per heavy atom. The number of benzene rings is 1. The highest BCUT2D eigenvalue weighted by molar-refractivity contribution is 7.62. The van der Waals surface area contributed by atoms with Crippen LogP contribution in [0.15, 0.2) is 24.3 Å². The standard InChI is InChI=1S/C23H36N3O8P/c1-6-32-35(31,33-7-2)18-10-8-17(9-11-18)16-19(24-21(28)34-23(3,4)5)20(27)25-12-14-26(15-13-25)22(29)30/h8-11,19H,6-7,12-16H2,1-5H3,(H,24,28)(H,29,30). The van der Waals surface area contributed by atoms with E-state index in [2.05, 4.69) is 5.32 Å². The number of nitrogens with one attached hydrogen (secondary N) is 1. The molecular weight excluding hydrogens is 477 g/mol. The summed E-state index contributed by atoms with van der Waals surface area (Å²) in [5.41, 5.74) is -0.0292. The minimum absolute atomic E-state index is 0.158. The molecule has 0 bridgehead atoms. The topological polar surface area (TPSA) is 135 Å². The van der Waals surface area contributed by atoms with Crippen LogP contribution >= 0.6 is 7.60 Å². The van der Waals surface area contributed by atoms with Crippen molar-refractivity contribution in [3.8, 4) is 0 Å². The number of carbonyl (C=O) groups excluding carboxylic acids is 2. The highest BCUT2D eigenvalue weighted by Gasteiger charge is 2.32. The van der Waals surface area contributed by atoms with Crippen LogP contribution in [0.1, 0.15) is 40.2 Å². The van der Waals surface area contributed by atoms with Crippen LogP contribution in [0.2, 0.25) is 0 Å². The first-order valence-corrected chi connectivity index (χ1v) is 13.2. The van der Waals surface area contributed by atoms with Crippen LogP contribution in [-0.4, -0.2) is 84.0 Å². The summed E-state index contributed by atoms with van der Waals surface area (Å²) in [7, 11) is -3.44. The van der Waals surface area contributed by atoms with E-state index in [-0.39, 0.29) is 51.7 Å². The zero-order valence-electron chi connectivity index (χ0n) is 21.0. The maximum atomic E-state index is 13.3. The fraction of sp³-hybridized carbons (Fsp3) is 0.609. The molecule has 0 aliphatic carbocycles. The van der Waals surface area contributed by atoms with Crippen molar-refractivity contribution in [2.75, 3.05) is 39.4 Å². The lowest BCUT2D eigenvalue weighted by molar-refractivity contribution is -0.135. The lowest BCUT2D eigenvalue weighted by Crippen LogP contribution is -2.56. The Hall–Kier alpha value is -2.62. The second-order valence-electron chi connectivity index (χ2n) is 9.00. The third-order valence-electron chi connectivity index (χ3n) is 5.14. The van der Waals surface area contributed by atoms with Crippen molar-refractivity contribution in [1.29, 1.82) is 0 Å². The largest absolute Gasteiger partial charge is 0.465 e. The lowest BCUT2D eigenvalue weighted by atomic mass is 10.0. The van der Waals surface area contributed by atoms with Gasteiger partial charge in [-0.3, -0.25) is 9.36 Å². The van der Waals surface area contributed by atoms with Crippen molar-refractivity contribution >= 4 is 31.0 Å². The predicted octanol–water partition coefficient (Wildman–Crippen LogP) is 2.84. The average molecular weight is 514 g/mol. The maximum Gasteiger partial charge on any atom is 0.408 e. The fourth-order valence-corrected chi connectivity index (χ4v) is 5.13. The summed E-state index contributed by atoms with van der Waals surface area (Å²) in [6.07, 6.45) is -1.60. The summed E-state index contributed by atoms with van der Waals surface area (Å²) < 4.78 is 29.1. The number of alkyl carbamates (subject to hydrolysis) is 1. The fourth-order valence-electron chi connectivity index (χ4n) is 3.56. The first-order valence-electron chi connectivity index (χ1n) is 11.6. The highest BCUT2D eigenvalue weighted by Crippen LogP contribution is 2.46. The molecule has 2 N–H and O–H groups in total. The van der Waals surface area contributed by atoms with Gasteiger partial charge in [-0.2, -0.15) is 0 Å². The Kier molecular flexibility index (Phi) is 10.1. The molecule has 0 radical (unpaired) electrons. The smallest absolute Gasteiger partial charge is 0.408 e. The summed E-state index contributed by atoms with van der Waals surface area (Å²) in [5, 5.41) is 12.2. The normalized spacial score (nSPS) is 15.5. The molecule has 35 heavy (non-hydrogen) atoms. The summed E-state index contributed by atoms with van der Waals surface area (Å²) in [4.78, 5) is 39.7. The van der Waals surface area contributed by atoms with Gasteiger partial charge in [-0.25, -0.2) is 9.59 Å². The summed E-state index contributed by atoms with van der Waals surface area (Å²) >= 11 is 0. The lowest BCUT2D eigenvalue weighted by Gasteiger charge is -2.35. The first kappa shape index (κ1) is 28.6. The molecule has 1 aliphatic heterocycles. The van der Waals surface area contributed by atoms with Crippen LogP contribution in [-0.2, 0) is 29.6 Å². The number of nitrogens with zero attached hydrogens (tertiary/aromatic N) is 2. The van der Waals surface area contributed by atoms with Crippen LogP contribution in [0.25, 0.3) is 0 Å². The molecule has 1 unspecified atom stereocenters. The molecule has 1 aliphatic rings. The van der Waals surface area contributed by atoms with Gasteiger partial charge in [0.25, 0.3) is 0 Å². The van der Waals surface area contributed by atoms with Crippen LogP contribution in [0.4, 0.5) is 9.59 Å². The zero-order valence-corrected chi connectivity index (χ0v) is 21.9.